The molecule has 0 aliphatic heterocycles. The molecule has 0 spiro atoms. The van der Waals surface area contributed by atoms with Crippen molar-refractivity contribution >= 4 is 17.6 Å². The Balaban J connectivity index is 2.10. The van der Waals surface area contributed by atoms with Gasteiger partial charge in [-0.2, -0.15) is 0 Å². The van der Waals surface area contributed by atoms with Gasteiger partial charge in [-0.05, 0) is 31.0 Å². The monoisotopic (exact) mass is 284 g/mol. The van der Waals surface area contributed by atoms with E-state index in [9.17, 15) is 9.90 Å². The van der Waals surface area contributed by atoms with Crippen LogP contribution in [0.1, 0.15) is 42.5 Å². The number of ether oxygens (including phenoxy) is 1. The first-order valence-corrected chi connectivity index (χ1v) is 6.76. The molecular weight excluding hydrogens is 268 g/mol. The molecule has 0 atom stereocenters. The third kappa shape index (κ3) is 3.61. The SMILES string of the molecule is O=C(O)c1ccc(Cl)cc1OCC1(O)CCCCC1. The number of halogens is 1. The first kappa shape index (κ1) is 14.2. The smallest absolute Gasteiger partial charge is 0.339 e. The summed E-state index contributed by atoms with van der Waals surface area (Å²) in [5, 5.41) is 19.8. The second kappa shape index (κ2) is 5.80. The lowest BCUT2D eigenvalue weighted by atomic mass is 9.85. The Morgan fingerprint density at radius 3 is 2.63 bits per heavy atom. The molecule has 2 N–H and O–H groups in total. The van der Waals surface area contributed by atoms with Gasteiger partial charge in [0.15, 0.2) is 0 Å². The molecule has 4 nitrogen and oxygen atoms in total. The van der Waals surface area contributed by atoms with Crippen LogP contribution in [0.3, 0.4) is 0 Å². The van der Waals surface area contributed by atoms with Crippen molar-refractivity contribution in [2.24, 2.45) is 0 Å². The van der Waals surface area contributed by atoms with Crippen LogP contribution in [0.15, 0.2) is 18.2 Å². The summed E-state index contributed by atoms with van der Waals surface area (Å²) in [6.07, 6.45) is 4.45. The Labute approximate surface area is 117 Å². The highest BCUT2D eigenvalue weighted by Crippen LogP contribution is 2.30. The van der Waals surface area contributed by atoms with Crippen LogP contribution in [0.25, 0.3) is 0 Å². The first-order valence-electron chi connectivity index (χ1n) is 6.38. The van der Waals surface area contributed by atoms with Crippen molar-refractivity contribution in [3.63, 3.8) is 0 Å². The zero-order valence-corrected chi connectivity index (χ0v) is 11.3. The molecule has 1 fully saturated rings. The van der Waals surface area contributed by atoms with Gasteiger partial charge in [0.1, 0.15) is 17.9 Å². The fraction of sp³-hybridized carbons (Fsp3) is 0.500. The molecule has 0 saturated heterocycles. The highest BCUT2D eigenvalue weighted by Gasteiger charge is 2.30. The molecule has 0 radical (unpaired) electrons. The fourth-order valence-corrected chi connectivity index (χ4v) is 2.52. The van der Waals surface area contributed by atoms with Crippen LogP contribution in [0.4, 0.5) is 0 Å². The molecule has 0 amide bonds. The summed E-state index contributed by atoms with van der Waals surface area (Å²) in [7, 11) is 0. The van der Waals surface area contributed by atoms with Gasteiger partial charge in [0.2, 0.25) is 0 Å². The van der Waals surface area contributed by atoms with Gasteiger partial charge in [0.25, 0.3) is 0 Å². The van der Waals surface area contributed by atoms with Gasteiger partial charge >= 0.3 is 5.97 Å². The van der Waals surface area contributed by atoms with E-state index in [-0.39, 0.29) is 17.9 Å². The van der Waals surface area contributed by atoms with Crippen molar-refractivity contribution < 1.29 is 19.7 Å². The maximum Gasteiger partial charge on any atom is 0.339 e. The Morgan fingerprint density at radius 1 is 1.32 bits per heavy atom. The maximum absolute atomic E-state index is 11.1. The van der Waals surface area contributed by atoms with Crippen LogP contribution in [0.2, 0.25) is 5.02 Å². The van der Waals surface area contributed by atoms with Gasteiger partial charge in [-0.3, -0.25) is 0 Å². The zero-order valence-electron chi connectivity index (χ0n) is 10.6. The van der Waals surface area contributed by atoms with E-state index in [0.29, 0.717) is 17.9 Å². The molecule has 5 heteroatoms. The number of hydrogen-bond acceptors (Lipinski definition) is 3. The average molecular weight is 285 g/mol. The summed E-state index contributed by atoms with van der Waals surface area (Å²) in [5.41, 5.74) is -0.792. The van der Waals surface area contributed by atoms with Crippen LogP contribution < -0.4 is 4.74 Å². The van der Waals surface area contributed by atoms with Crippen molar-refractivity contribution in [2.75, 3.05) is 6.61 Å². The third-order valence-electron chi connectivity index (χ3n) is 3.45. The molecular formula is C14H17ClO4. The topological polar surface area (TPSA) is 66.8 Å². The predicted molar refractivity (Wildman–Crippen MR) is 71.9 cm³/mol. The molecule has 1 saturated carbocycles. The van der Waals surface area contributed by atoms with E-state index in [4.69, 9.17) is 21.4 Å². The standard InChI is InChI=1S/C14H17ClO4/c15-10-4-5-11(13(16)17)12(8-10)19-9-14(18)6-2-1-3-7-14/h4-5,8,18H,1-3,6-7,9H2,(H,16,17). The lowest BCUT2D eigenvalue weighted by Gasteiger charge is -2.31. The summed E-state index contributed by atoms with van der Waals surface area (Å²) < 4.78 is 5.51. The molecule has 1 aromatic rings. The third-order valence-corrected chi connectivity index (χ3v) is 3.69. The number of aromatic carboxylic acids is 1. The highest BCUT2D eigenvalue weighted by atomic mass is 35.5. The molecule has 2 rings (SSSR count). The lowest BCUT2D eigenvalue weighted by molar-refractivity contribution is -0.0341. The minimum absolute atomic E-state index is 0.0591. The summed E-state index contributed by atoms with van der Waals surface area (Å²) in [6.45, 7) is 0.105. The normalized spacial score (nSPS) is 18.0. The van der Waals surface area contributed by atoms with Crippen molar-refractivity contribution in [3.05, 3.63) is 28.8 Å². The number of benzene rings is 1. The van der Waals surface area contributed by atoms with Crippen molar-refractivity contribution in [1.29, 1.82) is 0 Å². The van der Waals surface area contributed by atoms with Gasteiger partial charge in [0, 0.05) is 5.02 Å². The van der Waals surface area contributed by atoms with E-state index in [0.717, 1.165) is 19.3 Å². The van der Waals surface area contributed by atoms with Crippen molar-refractivity contribution in [2.45, 2.75) is 37.7 Å². The van der Waals surface area contributed by atoms with Gasteiger partial charge < -0.3 is 14.9 Å². The summed E-state index contributed by atoms with van der Waals surface area (Å²) in [4.78, 5) is 11.1. The summed E-state index contributed by atoms with van der Waals surface area (Å²) in [5.74, 6) is -0.860. The molecule has 0 unspecified atom stereocenters. The molecule has 0 bridgehead atoms. The van der Waals surface area contributed by atoms with E-state index < -0.39 is 11.6 Å². The largest absolute Gasteiger partial charge is 0.490 e. The van der Waals surface area contributed by atoms with E-state index in [1.165, 1.54) is 18.2 Å². The van der Waals surface area contributed by atoms with Crippen molar-refractivity contribution in [3.8, 4) is 5.75 Å². The number of rotatable bonds is 4. The van der Waals surface area contributed by atoms with Crippen LogP contribution >= 0.6 is 11.6 Å². The number of carbonyl (C=O) groups is 1. The fourth-order valence-electron chi connectivity index (χ4n) is 2.36. The molecule has 104 valence electrons. The Morgan fingerprint density at radius 2 is 2.00 bits per heavy atom. The van der Waals surface area contributed by atoms with Gasteiger partial charge in [0.05, 0.1) is 5.60 Å². The minimum Gasteiger partial charge on any atom is -0.490 e. The molecule has 0 aromatic heterocycles. The number of hydrogen-bond donors (Lipinski definition) is 2. The van der Waals surface area contributed by atoms with Crippen LogP contribution in [0, 0.1) is 0 Å². The number of aliphatic hydroxyl groups is 1. The van der Waals surface area contributed by atoms with Gasteiger partial charge in [-0.25, -0.2) is 4.79 Å². The second-order valence-corrected chi connectivity index (χ2v) is 5.46. The molecule has 1 aliphatic carbocycles. The Hall–Kier alpha value is -1.26. The molecule has 0 heterocycles. The van der Waals surface area contributed by atoms with E-state index in [2.05, 4.69) is 0 Å². The van der Waals surface area contributed by atoms with Gasteiger partial charge in [-0.15, -0.1) is 0 Å². The van der Waals surface area contributed by atoms with E-state index >= 15 is 0 Å². The molecule has 19 heavy (non-hydrogen) atoms. The highest BCUT2D eigenvalue weighted by molar-refractivity contribution is 6.30. The predicted octanol–water partition coefficient (Wildman–Crippen LogP) is 3.11. The number of carboxylic acids is 1. The maximum atomic E-state index is 11.1. The quantitative estimate of drug-likeness (QED) is 0.891. The molecule has 1 aliphatic rings. The molecule has 1 aromatic carbocycles. The van der Waals surface area contributed by atoms with Crippen LogP contribution in [-0.2, 0) is 0 Å². The van der Waals surface area contributed by atoms with E-state index in [1.807, 2.05) is 0 Å². The van der Waals surface area contributed by atoms with Gasteiger partial charge in [-0.1, -0.05) is 30.9 Å². The Kier molecular flexibility index (Phi) is 4.32. The second-order valence-electron chi connectivity index (χ2n) is 5.02. The van der Waals surface area contributed by atoms with Crippen LogP contribution in [-0.4, -0.2) is 28.4 Å². The zero-order chi connectivity index (χ0) is 13.9. The minimum atomic E-state index is -1.07. The lowest BCUT2D eigenvalue weighted by Crippen LogP contribution is -2.38. The summed E-state index contributed by atoms with van der Waals surface area (Å²) >= 11 is 5.84. The number of carboxylic acid groups (broad SMARTS) is 1. The average Bonchev–Trinajstić information content (AvgIpc) is 2.37. The van der Waals surface area contributed by atoms with Crippen molar-refractivity contribution in [1.82, 2.24) is 0 Å². The first-order chi connectivity index (χ1) is 9.00. The van der Waals surface area contributed by atoms with E-state index in [1.54, 1.807) is 0 Å². The Bertz CT molecular complexity index is 467. The van der Waals surface area contributed by atoms with Crippen LogP contribution in [0.5, 0.6) is 5.75 Å². The summed E-state index contributed by atoms with van der Waals surface area (Å²) in [6, 6.07) is 4.38.